The third-order valence-corrected chi connectivity index (χ3v) is 0.729. The van der Waals surface area contributed by atoms with Crippen LogP contribution in [0.2, 0.25) is 0 Å². The van der Waals surface area contributed by atoms with Gasteiger partial charge in [0.05, 0.1) is 11.9 Å². The molecule has 0 aromatic carbocycles. The molecule has 0 radical (unpaired) electrons. The second-order valence-corrected chi connectivity index (χ2v) is 1.41. The largest absolute Gasteiger partial charge is 1.00 e. The first kappa shape index (κ1) is 18.3. The van der Waals surface area contributed by atoms with Crippen molar-refractivity contribution in [1.29, 1.82) is 0 Å². The van der Waals surface area contributed by atoms with Crippen molar-refractivity contribution < 1.29 is 78.9 Å². The average Bonchev–Trinajstić information content (AvgIpc) is 1.81. The molecule has 0 saturated heterocycles. The molecule has 4 nitrogen and oxygen atoms in total. The van der Waals surface area contributed by atoms with Gasteiger partial charge in [-0.2, -0.15) is 0 Å². The first-order chi connectivity index (χ1) is 4.57. The molecule has 12 heavy (non-hydrogen) atoms. The fourth-order valence-corrected chi connectivity index (χ4v) is 0.328. The van der Waals surface area contributed by atoms with Crippen LogP contribution in [0.1, 0.15) is 0 Å². The minimum Gasteiger partial charge on any atom is -0.545 e. The summed E-state index contributed by atoms with van der Waals surface area (Å²) in [6, 6.07) is 0. The van der Waals surface area contributed by atoms with Gasteiger partial charge in [-0.3, -0.25) is 0 Å². The van der Waals surface area contributed by atoms with Crippen LogP contribution >= 0.6 is 0 Å². The zero-order chi connectivity index (χ0) is 8.15. The number of carboxylic acids is 2. The minimum absolute atomic E-state index is 0. The number of rotatable bonds is 3. The Balaban J connectivity index is -0.000000405. The quantitative estimate of drug-likeness (QED) is 0.249. The Morgan fingerprint density at radius 2 is 1.58 bits per heavy atom. The van der Waals surface area contributed by atoms with E-state index >= 15 is 0 Å². The molecule has 0 spiro atoms. The van der Waals surface area contributed by atoms with Crippen molar-refractivity contribution in [2.45, 2.75) is 0 Å². The van der Waals surface area contributed by atoms with Gasteiger partial charge in [0.2, 0.25) is 0 Å². The van der Waals surface area contributed by atoms with Crippen LogP contribution in [-0.4, -0.2) is 11.9 Å². The molecule has 0 aromatic heterocycles. The summed E-state index contributed by atoms with van der Waals surface area (Å²) >= 11 is 0. The Morgan fingerprint density at radius 1 is 1.17 bits per heavy atom. The summed E-state index contributed by atoms with van der Waals surface area (Å²) in [6.45, 7) is 3.06. The Bertz CT molecular complexity index is 210. The Kier molecular flexibility index (Phi) is 14.5. The number of aliphatic carboxylic acids is 2. The van der Waals surface area contributed by atoms with Crippen LogP contribution < -0.4 is 69.3 Å². The average molecular weight is 186 g/mol. The van der Waals surface area contributed by atoms with Crippen LogP contribution in [-0.2, 0) is 9.59 Å². The van der Waals surface area contributed by atoms with Crippen LogP contribution in [0.5, 0.6) is 0 Å². The maximum atomic E-state index is 9.92. The SMILES string of the molecule is C=C/C(=C/C(=O)[O-])C(=O)[O-].[Na+].[Na+]. The van der Waals surface area contributed by atoms with E-state index in [0.29, 0.717) is 6.08 Å². The van der Waals surface area contributed by atoms with E-state index in [-0.39, 0.29) is 59.1 Å². The summed E-state index contributed by atoms with van der Waals surface area (Å²) in [5.41, 5.74) is -0.500. The van der Waals surface area contributed by atoms with Gasteiger partial charge in [0.15, 0.2) is 0 Å². The van der Waals surface area contributed by atoms with Crippen LogP contribution in [0.4, 0.5) is 0 Å². The Hall–Kier alpha value is 0.420. The van der Waals surface area contributed by atoms with Gasteiger partial charge < -0.3 is 19.8 Å². The van der Waals surface area contributed by atoms with Crippen molar-refractivity contribution in [1.82, 2.24) is 0 Å². The molecule has 0 fully saturated rings. The van der Waals surface area contributed by atoms with Gasteiger partial charge in [0.25, 0.3) is 0 Å². The topological polar surface area (TPSA) is 80.3 Å². The fourth-order valence-electron chi connectivity index (χ4n) is 0.328. The van der Waals surface area contributed by atoms with Gasteiger partial charge in [-0.05, 0) is 11.6 Å². The van der Waals surface area contributed by atoms with Crippen LogP contribution in [0, 0.1) is 0 Å². The minimum atomic E-state index is -1.58. The third-order valence-electron chi connectivity index (χ3n) is 0.729. The molecular weight excluding hydrogens is 182 g/mol. The van der Waals surface area contributed by atoms with Crippen molar-refractivity contribution in [2.75, 3.05) is 0 Å². The Labute approximate surface area is 114 Å². The normalized spacial score (nSPS) is 8.83. The molecule has 54 valence electrons. The third kappa shape index (κ3) is 8.52. The summed E-state index contributed by atoms with van der Waals surface area (Å²) in [6.07, 6.45) is 1.27. The van der Waals surface area contributed by atoms with Crippen LogP contribution in [0.3, 0.4) is 0 Å². The van der Waals surface area contributed by atoms with E-state index in [9.17, 15) is 19.8 Å². The first-order valence-electron chi connectivity index (χ1n) is 2.34. The maximum absolute atomic E-state index is 9.92. The molecule has 0 aromatic rings. The van der Waals surface area contributed by atoms with Gasteiger partial charge in [-0.15, -0.1) is 0 Å². The smallest absolute Gasteiger partial charge is 0.545 e. The van der Waals surface area contributed by atoms with E-state index in [1.165, 1.54) is 0 Å². The van der Waals surface area contributed by atoms with Crippen molar-refractivity contribution >= 4 is 11.9 Å². The molecule has 6 heteroatoms. The zero-order valence-electron chi connectivity index (χ0n) is 6.99. The second-order valence-electron chi connectivity index (χ2n) is 1.41. The summed E-state index contributed by atoms with van der Waals surface area (Å²) < 4.78 is 0. The molecule has 0 saturated carbocycles. The summed E-state index contributed by atoms with van der Waals surface area (Å²) in [7, 11) is 0. The molecule has 0 aliphatic rings. The maximum Gasteiger partial charge on any atom is 1.00 e. The van der Waals surface area contributed by atoms with Gasteiger partial charge in [-0.1, -0.05) is 12.7 Å². The van der Waals surface area contributed by atoms with Gasteiger partial charge in [0, 0.05) is 0 Å². The summed E-state index contributed by atoms with van der Waals surface area (Å²) in [5, 5.41) is 19.7. The van der Waals surface area contributed by atoms with Crippen molar-refractivity contribution in [3.05, 3.63) is 24.3 Å². The number of hydrogen-bond donors (Lipinski definition) is 0. The number of carbonyl (C=O) groups is 2. The molecule has 0 unspecified atom stereocenters. The van der Waals surface area contributed by atoms with E-state index in [1.807, 2.05) is 0 Å². The number of carboxylic acid groups (broad SMARTS) is 2. The Morgan fingerprint density at radius 3 is 1.67 bits per heavy atom. The van der Waals surface area contributed by atoms with Gasteiger partial charge in [0.1, 0.15) is 0 Å². The zero-order valence-corrected chi connectivity index (χ0v) is 11.0. The van der Waals surface area contributed by atoms with E-state index in [2.05, 4.69) is 6.58 Å². The molecule has 0 bridgehead atoms. The second kappa shape index (κ2) is 9.51. The molecular formula is C6H4Na2O4. The van der Waals surface area contributed by atoms with Crippen LogP contribution in [0.25, 0.3) is 0 Å². The summed E-state index contributed by atoms with van der Waals surface area (Å²) in [5.74, 6) is -3.17. The molecule has 0 aliphatic carbocycles. The van der Waals surface area contributed by atoms with Crippen molar-refractivity contribution in [3.8, 4) is 0 Å². The molecule has 0 atom stereocenters. The monoisotopic (exact) mass is 186 g/mol. The molecule has 0 N–H and O–H groups in total. The van der Waals surface area contributed by atoms with E-state index in [0.717, 1.165) is 6.08 Å². The predicted molar refractivity (Wildman–Crippen MR) is 28.3 cm³/mol. The number of carbonyl (C=O) groups excluding carboxylic acids is 2. The molecule has 0 heterocycles. The van der Waals surface area contributed by atoms with Gasteiger partial charge in [-0.25, -0.2) is 0 Å². The van der Waals surface area contributed by atoms with E-state index in [1.54, 1.807) is 0 Å². The van der Waals surface area contributed by atoms with Gasteiger partial charge >= 0.3 is 59.1 Å². The molecule has 0 aliphatic heterocycles. The fraction of sp³-hybridized carbons (Fsp3) is 0. The summed E-state index contributed by atoms with van der Waals surface area (Å²) in [4.78, 5) is 19.7. The van der Waals surface area contributed by atoms with E-state index in [4.69, 9.17) is 0 Å². The van der Waals surface area contributed by atoms with Crippen molar-refractivity contribution in [3.63, 3.8) is 0 Å². The standard InChI is InChI=1S/C6H6O4.2Na/c1-2-4(6(9)10)3-5(7)8;;/h2-3H,1H2,(H,7,8)(H,9,10);;/q;2*+1/p-2/b4-3-;;. The van der Waals surface area contributed by atoms with E-state index < -0.39 is 17.5 Å². The van der Waals surface area contributed by atoms with Crippen molar-refractivity contribution in [2.24, 2.45) is 0 Å². The molecule has 0 amide bonds. The van der Waals surface area contributed by atoms with Crippen LogP contribution in [0.15, 0.2) is 24.3 Å². The molecule has 0 rings (SSSR count). The predicted octanol–water partition coefficient (Wildman–Crippen LogP) is -8.39. The number of hydrogen-bond acceptors (Lipinski definition) is 4. The first-order valence-corrected chi connectivity index (χ1v) is 2.34.